The van der Waals surface area contributed by atoms with Gasteiger partial charge in [-0.15, -0.1) is 0 Å². The number of aryl methyl sites for hydroxylation is 2. The highest BCUT2D eigenvalue weighted by molar-refractivity contribution is 7.91. The van der Waals surface area contributed by atoms with Gasteiger partial charge in [-0.1, -0.05) is 18.2 Å². The second-order valence-corrected chi connectivity index (χ2v) is 8.42. The topological polar surface area (TPSA) is 54.5 Å². The summed E-state index contributed by atoms with van der Waals surface area (Å²) in [7, 11) is -1.23. The van der Waals surface area contributed by atoms with Gasteiger partial charge in [0.2, 0.25) is 5.91 Å². The van der Waals surface area contributed by atoms with Crippen molar-refractivity contribution >= 4 is 15.7 Å². The van der Waals surface area contributed by atoms with Gasteiger partial charge in [0.05, 0.1) is 17.9 Å². The predicted molar refractivity (Wildman–Crippen MR) is 82.0 cm³/mol. The predicted octanol–water partition coefficient (Wildman–Crippen LogP) is 1.36. The molecule has 4 nitrogen and oxygen atoms in total. The number of likely N-dealkylation sites (N-methyl/N-ethyl adjacent to an activating group) is 1. The summed E-state index contributed by atoms with van der Waals surface area (Å²) in [6, 6.07) is 6.14. The van der Waals surface area contributed by atoms with E-state index in [0.29, 0.717) is 12.8 Å². The van der Waals surface area contributed by atoms with E-state index in [4.69, 9.17) is 0 Å². The van der Waals surface area contributed by atoms with Crippen molar-refractivity contribution in [2.24, 2.45) is 0 Å². The normalized spacial score (nSPS) is 23.0. The highest BCUT2D eigenvalue weighted by Gasteiger charge is 2.32. The van der Waals surface area contributed by atoms with Crippen LogP contribution in [0.4, 0.5) is 0 Å². The molecule has 1 saturated heterocycles. The lowest BCUT2D eigenvalue weighted by Gasteiger charge is -2.23. The minimum Gasteiger partial charge on any atom is -0.341 e. The van der Waals surface area contributed by atoms with Gasteiger partial charge in [0, 0.05) is 13.1 Å². The van der Waals surface area contributed by atoms with Crippen LogP contribution in [0.15, 0.2) is 18.2 Å². The fourth-order valence-corrected chi connectivity index (χ4v) is 5.09. The van der Waals surface area contributed by atoms with Gasteiger partial charge in [0.25, 0.3) is 0 Å². The van der Waals surface area contributed by atoms with E-state index in [1.165, 1.54) is 17.5 Å². The van der Waals surface area contributed by atoms with Crippen LogP contribution < -0.4 is 0 Å². The molecule has 5 heteroatoms. The number of fused-ring (bicyclic) bond motifs is 1. The summed E-state index contributed by atoms with van der Waals surface area (Å²) in [5.74, 6) is 0.322. The molecular weight excluding hydrogens is 286 g/mol. The third kappa shape index (κ3) is 3.12. The van der Waals surface area contributed by atoms with Crippen LogP contribution in [0.1, 0.15) is 29.5 Å². The van der Waals surface area contributed by atoms with Gasteiger partial charge in [-0.2, -0.15) is 0 Å². The third-order valence-electron chi connectivity index (χ3n) is 4.67. The second-order valence-electron chi connectivity index (χ2n) is 6.19. The molecule has 1 aromatic carbocycles. The van der Waals surface area contributed by atoms with E-state index in [1.54, 1.807) is 11.9 Å². The van der Waals surface area contributed by atoms with E-state index >= 15 is 0 Å². The maximum Gasteiger partial charge on any atom is 0.227 e. The van der Waals surface area contributed by atoms with Gasteiger partial charge in [-0.3, -0.25) is 4.79 Å². The lowest BCUT2D eigenvalue weighted by Crippen LogP contribution is -2.38. The van der Waals surface area contributed by atoms with Gasteiger partial charge in [0.1, 0.15) is 0 Å². The number of sulfone groups is 1. The molecule has 0 N–H and O–H groups in total. The van der Waals surface area contributed by atoms with E-state index in [2.05, 4.69) is 12.1 Å². The summed E-state index contributed by atoms with van der Waals surface area (Å²) in [5.41, 5.74) is 3.81. The monoisotopic (exact) mass is 307 g/mol. The first-order valence-electron chi connectivity index (χ1n) is 7.51. The molecule has 0 aromatic heterocycles. The van der Waals surface area contributed by atoms with Crippen LogP contribution in [-0.2, 0) is 33.9 Å². The molecule has 1 fully saturated rings. The molecule has 0 bridgehead atoms. The van der Waals surface area contributed by atoms with E-state index in [1.807, 2.05) is 6.07 Å². The largest absolute Gasteiger partial charge is 0.341 e. The zero-order valence-corrected chi connectivity index (χ0v) is 13.2. The average Bonchev–Trinajstić information content (AvgIpc) is 3.03. The van der Waals surface area contributed by atoms with Crippen LogP contribution in [0.3, 0.4) is 0 Å². The van der Waals surface area contributed by atoms with Gasteiger partial charge in [-0.25, -0.2) is 8.42 Å². The lowest BCUT2D eigenvalue weighted by atomic mass is 10.0. The van der Waals surface area contributed by atoms with Crippen molar-refractivity contribution in [3.63, 3.8) is 0 Å². The van der Waals surface area contributed by atoms with Crippen molar-refractivity contribution in [2.75, 3.05) is 18.6 Å². The molecule has 1 unspecified atom stereocenters. The standard InChI is InChI=1S/C16H21NO3S/c1-17(15-7-8-21(19,20)11-15)16(18)10-12-5-6-13-3-2-4-14(13)9-12/h5-6,9,15H,2-4,7-8,10-11H2,1H3. The summed E-state index contributed by atoms with van der Waals surface area (Å²) in [6.07, 6.45) is 4.37. The number of benzene rings is 1. The third-order valence-corrected chi connectivity index (χ3v) is 6.42. The van der Waals surface area contributed by atoms with Crippen LogP contribution >= 0.6 is 0 Å². The van der Waals surface area contributed by atoms with Crippen molar-refractivity contribution < 1.29 is 13.2 Å². The zero-order valence-electron chi connectivity index (χ0n) is 12.3. The highest BCUT2D eigenvalue weighted by atomic mass is 32.2. The second kappa shape index (κ2) is 5.44. The van der Waals surface area contributed by atoms with E-state index < -0.39 is 9.84 Å². The Hall–Kier alpha value is -1.36. The summed E-state index contributed by atoms with van der Waals surface area (Å²) in [4.78, 5) is 14.0. The Kier molecular flexibility index (Phi) is 3.78. The summed E-state index contributed by atoms with van der Waals surface area (Å²) in [6.45, 7) is 0. The maximum atomic E-state index is 12.3. The number of hydrogen-bond acceptors (Lipinski definition) is 3. The maximum absolute atomic E-state index is 12.3. The fraction of sp³-hybridized carbons (Fsp3) is 0.562. The van der Waals surface area contributed by atoms with Crippen molar-refractivity contribution in [3.05, 3.63) is 34.9 Å². The van der Waals surface area contributed by atoms with Gasteiger partial charge >= 0.3 is 0 Å². The fourth-order valence-electron chi connectivity index (χ4n) is 3.32. The Morgan fingerprint density at radius 1 is 1.29 bits per heavy atom. The summed E-state index contributed by atoms with van der Waals surface area (Å²) in [5, 5.41) is 0. The molecule has 21 heavy (non-hydrogen) atoms. The Balaban J connectivity index is 1.66. The van der Waals surface area contributed by atoms with Crippen molar-refractivity contribution in [2.45, 2.75) is 38.1 Å². The number of rotatable bonds is 3. The number of carbonyl (C=O) groups excluding carboxylic acids is 1. The van der Waals surface area contributed by atoms with Crippen LogP contribution in [0.5, 0.6) is 0 Å². The lowest BCUT2D eigenvalue weighted by molar-refractivity contribution is -0.130. The quantitative estimate of drug-likeness (QED) is 0.847. The summed E-state index contributed by atoms with van der Waals surface area (Å²) < 4.78 is 23.0. The Morgan fingerprint density at radius 3 is 2.76 bits per heavy atom. The average molecular weight is 307 g/mol. The molecule has 1 aromatic rings. The first-order valence-corrected chi connectivity index (χ1v) is 9.33. The van der Waals surface area contributed by atoms with Gasteiger partial charge in [-0.05, 0) is 42.4 Å². The SMILES string of the molecule is CN(C(=O)Cc1ccc2c(c1)CCC2)C1CCS(=O)(=O)C1. The Morgan fingerprint density at radius 2 is 2.05 bits per heavy atom. The number of carbonyl (C=O) groups is 1. The molecule has 0 spiro atoms. The number of amides is 1. The molecule has 1 aliphatic carbocycles. The molecule has 1 heterocycles. The molecule has 1 amide bonds. The first kappa shape index (κ1) is 14.6. The number of nitrogens with zero attached hydrogens (tertiary/aromatic N) is 1. The van der Waals surface area contributed by atoms with E-state index in [-0.39, 0.29) is 23.5 Å². The molecule has 3 rings (SSSR count). The minimum atomic E-state index is -2.95. The van der Waals surface area contributed by atoms with Crippen LogP contribution in [0, 0.1) is 0 Å². The molecular formula is C16H21NO3S. The van der Waals surface area contributed by atoms with Crippen LogP contribution in [0.25, 0.3) is 0 Å². The van der Waals surface area contributed by atoms with Crippen LogP contribution in [0.2, 0.25) is 0 Å². The van der Waals surface area contributed by atoms with Crippen molar-refractivity contribution in [1.29, 1.82) is 0 Å². The van der Waals surface area contributed by atoms with E-state index in [0.717, 1.165) is 18.4 Å². The highest BCUT2D eigenvalue weighted by Crippen LogP contribution is 2.23. The molecule has 2 aliphatic rings. The van der Waals surface area contributed by atoms with Gasteiger partial charge < -0.3 is 4.90 Å². The molecule has 114 valence electrons. The molecule has 0 radical (unpaired) electrons. The summed E-state index contributed by atoms with van der Waals surface area (Å²) >= 11 is 0. The van der Waals surface area contributed by atoms with Crippen molar-refractivity contribution in [3.8, 4) is 0 Å². The first-order chi connectivity index (χ1) is 9.94. The van der Waals surface area contributed by atoms with E-state index in [9.17, 15) is 13.2 Å². The Bertz CT molecular complexity index is 666. The van der Waals surface area contributed by atoms with Crippen molar-refractivity contribution in [1.82, 2.24) is 4.90 Å². The van der Waals surface area contributed by atoms with Crippen LogP contribution in [-0.4, -0.2) is 43.8 Å². The Labute approximate surface area is 126 Å². The molecule has 1 atom stereocenters. The minimum absolute atomic E-state index is 0.00930. The molecule has 1 aliphatic heterocycles. The zero-order chi connectivity index (χ0) is 15.0. The number of hydrogen-bond donors (Lipinski definition) is 0. The smallest absolute Gasteiger partial charge is 0.227 e. The van der Waals surface area contributed by atoms with Gasteiger partial charge in [0.15, 0.2) is 9.84 Å². The molecule has 0 saturated carbocycles.